The molecule has 10 heteroatoms. The zero-order valence-electron chi connectivity index (χ0n) is 15.3. The SMILES string of the molecule is COc1cc(/C=N\NC(=O)Cc2cccc(C(F)(F)F)c2)cc(I)c1OC(C)=O. The van der Waals surface area contributed by atoms with Crippen LogP contribution in [0.15, 0.2) is 41.5 Å². The molecule has 0 radical (unpaired) electrons. The smallest absolute Gasteiger partial charge is 0.416 e. The molecule has 0 saturated heterocycles. The first-order valence-corrected chi connectivity index (χ1v) is 9.22. The molecule has 0 saturated carbocycles. The van der Waals surface area contributed by atoms with Crippen molar-refractivity contribution in [3.63, 3.8) is 0 Å². The Morgan fingerprint density at radius 2 is 1.97 bits per heavy atom. The van der Waals surface area contributed by atoms with Crippen LogP contribution in [0.2, 0.25) is 0 Å². The van der Waals surface area contributed by atoms with Gasteiger partial charge in [-0.3, -0.25) is 9.59 Å². The van der Waals surface area contributed by atoms with Gasteiger partial charge in [-0.05, 0) is 51.9 Å². The highest BCUT2D eigenvalue weighted by Crippen LogP contribution is 2.33. The van der Waals surface area contributed by atoms with Crippen molar-refractivity contribution in [3.05, 3.63) is 56.7 Å². The predicted molar refractivity (Wildman–Crippen MR) is 108 cm³/mol. The fraction of sp³-hybridized carbons (Fsp3) is 0.211. The van der Waals surface area contributed by atoms with E-state index >= 15 is 0 Å². The van der Waals surface area contributed by atoms with Crippen LogP contribution in [0.25, 0.3) is 0 Å². The number of carbonyl (C=O) groups is 2. The molecule has 0 spiro atoms. The van der Waals surface area contributed by atoms with Crippen molar-refractivity contribution in [1.82, 2.24) is 5.43 Å². The molecule has 0 unspecified atom stereocenters. The summed E-state index contributed by atoms with van der Waals surface area (Å²) in [7, 11) is 1.41. The van der Waals surface area contributed by atoms with Crippen molar-refractivity contribution in [2.45, 2.75) is 19.5 Å². The Hall–Kier alpha value is -2.63. The molecule has 0 heterocycles. The van der Waals surface area contributed by atoms with E-state index in [1.54, 1.807) is 12.1 Å². The molecular formula is C19H16F3IN2O4. The molecule has 0 aliphatic heterocycles. The summed E-state index contributed by atoms with van der Waals surface area (Å²) in [5.74, 6) is -0.488. The number of methoxy groups -OCH3 is 1. The topological polar surface area (TPSA) is 77.0 Å². The monoisotopic (exact) mass is 520 g/mol. The first kappa shape index (κ1) is 22.7. The number of rotatable bonds is 6. The second-order valence-electron chi connectivity index (χ2n) is 5.80. The lowest BCUT2D eigenvalue weighted by atomic mass is 10.1. The summed E-state index contributed by atoms with van der Waals surface area (Å²) < 4.78 is 49.1. The maximum Gasteiger partial charge on any atom is 0.416 e. The van der Waals surface area contributed by atoms with E-state index in [0.29, 0.717) is 14.9 Å². The van der Waals surface area contributed by atoms with Gasteiger partial charge in [0.25, 0.3) is 0 Å². The number of nitrogens with one attached hydrogen (secondary N) is 1. The third-order valence-electron chi connectivity index (χ3n) is 3.52. The van der Waals surface area contributed by atoms with Crippen LogP contribution in [0.3, 0.4) is 0 Å². The molecule has 1 amide bonds. The van der Waals surface area contributed by atoms with E-state index in [1.807, 2.05) is 22.6 Å². The lowest BCUT2D eigenvalue weighted by Crippen LogP contribution is -2.20. The summed E-state index contributed by atoms with van der Waals surface area (Å²) in [6, 6.07) is 7.75. The number of hydrogen-bond acceptors (Lipinski definition) is 5. The number of hydrogen-bond donors (Lipinski definition) is 1. The fourth-order valence-electron chi connectivity index (χ4n) is 2.32. The number of amides is 1. The van der Waals surface area contributed by atoms with Crippen LogP contribution in [0, 0.1) is 3.57 Å². The standard InChI is InChI=1S/C19H16F3IN2O4/c1-11(26)29-18-15(23)7-13(8-16(18)28-2)10-24-25-17(27)9-12-4-3-5-14(6-12)19(20,21)22/h3-8,10H,9H2,1-2H3,(H,25,27)/b24-10-. The molecule has 29 heavy (non-hydrogen) atoms. The lowest BCUT2D eigenvalue weighted by molar-refractivity contribution is -0.137. The van der Waals surface area contributed by atoms with Gasteiger partial charge in [0.1, 0.15) is 0 Å². The number of halogens is 4. The van der Waals surface area contributed by atoms with Gasteiger partial charge in [0.05, 0.1) is 28.9 Å². The molecule has 0 atom stereocenters. The van der Waals surface area contributed by atoms with E-state index in [9.17, 15) is 22.8 Å². The Labute approximate surface area is 178 Å². The maximum absolute atomic E-state index is 12.7. The van der Waals surface area contributed by atoms with Gasteiger partial charge >= 0.3 is 12.1 Å². The average Bonchev–Trinajstić information content (AvgIpc) is 2.63. The maximum atomic E-state index is 12.7. The molecule has 0 aliphatic carbocycles. The number of carbonyl (C=O) groups excluding carboxylic acids is 2. The van der Waals surface area contributed by atoms with Crippen LogP contribution >= 0.6 is 22.6 Å². The number of esters is 1. The van der Waals surface area contributed by atoms with E-state index in [4.69, 9.17) is 9.47 Å². The van der Waals surface area contributed by atoms with E-state index in [2.05, 4.69) is 10.5 Å². The minimum Gasteiger partial charge on any atom is -0.493 e. The highest BCUT2D eigenvalue weighted by atomic mass is 127. The molecule has 0 aromatic heterocycles. The first-order valence-electron chi connectivity index (χ1n) is 8.14. The highest BCUT2D eigenvalue weighted by molar-refractivity contribution is 14.1. The van der Waals surface area contributed by atoms with Gasteiger partial charge in [0.2, 0.25) is 5.91 Å². The second kappa shape index (κ2) is 9.72. The summed E-state index contributed by atoms with van der Waals surface area (Å²) in [6.45, 7) is 1.27. The largest absolute Gasteiger partial charge is 0.493 e. The zero-order valence-corrected chi connectivity index (χ0v) is 17.5. The minimum atomic E-state index is -4.47. The van der Waals surface area contributed by atoms with Crippen LogP contribution in [-0.2, 0) is 22.2 Å². The minimum absolute atomic E-state index is 0.217. The lowest BCUT2D eigenvalue weighted by Gasteiger charge is -2.11. The number of hydrazone groups is 1. The van der Waals surface area contributed by atoms with Crippen molar-refractivity contribution >= 4 is 40.7 Å². The molecule has 2 aromatic carbocycles. The third kappa shape index (κ3) is 6.73. The Bertz CT molecular complexity index is 946. The summed E-state index contributed by atoms with van der Waals surface area (Å²) in [5.41, 5.74) is 2.22. The summed E-state index contributed by atoms with van der Waals surface area (Å²) in [4.78, 5) is 23.1. The van der Waals surface area contributed by atoms with Crippen molar-refractivity contribution in [3.8, 4) is 11.5 Å². The van der Waals surface area contributed by atoms with Crippen LogP contribution in [0.1, 0.15) is 23.6 Å². The Morgan fingerprint density at radius 1 is 1.24 bits per heavy atom. The normalized spacial score (nSPS) is 11.4. The molecule has 6 nitrogen and oxygen atoms in total. The summed E-state index contributed by atoms with van der Waals surface area (Å²) in [6.07, 6.45) is -3.39. The predicted octanol–water partition coefficient (Wildman–Crippen LogP) is 3.94. The number of benzene rings is 2. The highest BCUT2D eigenvalue weighted by Gasteiger charge is 2.30. The summed E-state index contributed by atoms with van der Waals surface area (Å²) >= 11 is 1.96. The van der Waals surface area contributed by atoms with Crippen LogP contribution < -0.4 is 14.9 Å². The van der Waals surface area contributed by atoms with Crippen LogP contribution in [-0.4, -0.2) is 25.2 Å². The van der Waals surface area contributed by atoms with Gasteiger partial charge in [0, 0.05) is 6.92 Å². The third-order valence-corrected chi connectivity index (χ3v) is 4.32. The van der Waals surface area contributed by atoms with Gasteiger partial charge in [-0.1, -0.05) is 18.2 Å². The van der Waals surface area contributed by atoms with Crippen LogP contribution in [0.4, 0.5) is 13.2 Å². The number of ether oxygens (including phenoxy) is 2. The molecule has 154 valence electrons. The molecule has 0 fully saturated rings. The van der Waals surface area contributed by atoms with Crippen LogP contribution in [0.5, 0.6) is 11.5 Å². The second-order valence-corrected chi connectivity index (χ2v) is 6.96. The van der Waals surface area contributed by atoms with E-state index in [0.717, 1.165) is 12.1 Å². The van der Waals surface area contributed by atoms with Crippen molar-refractivity contribution in [2.75, 3.05) is 7.11 Å². The van der Waals surface area contributed by atoms with E-state index in [-0.39, 0.29) is 17.7 Å². The van der Waals surface area contributed by atoms with Crippen molar-refractivity contribution in [1.29, 1.82) is 0 Å². The van der Waals surface area contributed by atoms with E-state index in [1.165, 1.54) is 32.4 Å². The van der Waals surface area contributed by atoms with Gasteiger partial charge in [-0.25, -0.2) is 5.43 Å². The molecule has 1 N–H and O–H groups in total. The van der Waals surface area contributed by atoms with Crippen molar-refractivity contribution < 1.29 is 32.2 Å². The van der Waals surface area contributed by atoms with Gasteiger partial charge in [-0.15, -0.1) is 0 Å². The van der Waals surface area contributed by atoms with Gasteiger partial charge in [-0.2, -0.15) is 18.3 Å². The molecule has 2 aromatic rings. The van der Waals surface area contributed by atoms with Gasteiger partial charge < -0.3 is 9.47 Å². The molecular weight excluding hydrogens is 504 g/mol. The fourth-order valence-corrected chi connectivity index (χ4v) is 3.05. The Morgan fingerprint density at radius 3 is 2.59 bits per heavy atom. The number of nitrogens with zero attached hydrogens (tertiary/aromatic N) is 1. The van der Waals surface area contributed by atoms with E-state index < -0.39 is 23.6 Å². The van der Waals surface area contributed by atoms with Crippen molar-refractivity contribution in [2.24, 2.45) is 5.10 Å². The molecule has 0 bridgehead atoms. The zero-order chi connectivity index (χ0) is 21.6. The first-order chi connectivity index (χ1) is 13.6. The molecule has 0 aliphatic rings. The van der Waals surface area contributed by atoms with Gasteiger partial charge in [0.15, 0.2) is 11.5 Å². The Balaban J connectivity index is 2.05. The molecule has 2 rings (SSSR count). The Kier molecular flexibility index (Phi) is 7.59. The summed E-state index contributed by atoms with van der Waals surface area (Å²) in [5, 5.41) is 3.80. The quantitative estimate of drug-likeness (QED) is 0.206. The number of alkyl halides is 3. The average molecular weight is 520 g/mol.